The van der Waals surface area contributed by atoms with Crippen LogP contribution >= 0.6 is 0 Å². The van der Waals surface area contributed by atoms with Gasteiger partial charge in [-0.15, -0.1) is 0 Å². The number of likely N-dealkylation sites (tertiary alicyclic amines) is 1. The second kappa shape index (κ2) is 27.5. The van der Waals surface area contributed by atoms with Crippen LogP contribution in [-0.2, 0) is 44.8 Å². The van der Waals surface area contributed by atoms with Gasteiger partial charge in [0.05, 0.1) is 24.8 Å². The number of aliphatic hydroxyl groups is 5. The summed E-state index contributed by atoms with van der Waals surface area (Å²) in [6, 6.07) is 6.82. The molecule has 2 rings (SSSR count). The number of amides is 5. The predicted octanol–water partition coefficient (Wildman–Crippen LogP) is 0.826. The molecule has 1 saturated heterocycles. The van der Waals surface area contributed by atoms with Crippen LogP contribution in [0.3, 0.4) is 0 Å². The van der Waals surface area contributed by atoms with Gasteiger partial charge in [0.15, 0.2) is 11.6 Å². The number of unbranched alkanes of at least 4 members (excludes halogenated alkanes) is 2. The Morgan fingerprint density at radius 1 is 0.689 bits per heavy atom. The third-order valence-corrected chi connectivity index (χ3v) is 10.8. The van der Waals surface area contributed by atoms with Crippen molar-refractivity contribution in [3.8, 4) is 0 Å². The largest absolute Gasteiger partial charge is 0.394 e. The highest BCUT2D eigenvalue weighted by atomic mass is 16.4. The first-order chi connectivity index (χ1) is 28.8. The van der Waals surface area contributed by atoms with Crippen LogP contribution in [-0.4, -0.2) is 134 Å². The zero-order valence-corrected chi connectivity index (χ0v) is 36.1. The first-order valence-electron chi connectivity index (χ1n) is 21.5. The molecule has 1 aliphatic rings. The molecule has 1 aromatic rings. The summed E-state index contributed by atoms with van der Waals surface area (Å²) in [6.45, 7) is 7.51. The maximum absolute atomic E-state index is 13.5. The van der Waals surface area contributed by atoms with Gasteiger partial charge in [0.2, 0.25) is 29.5 Å². The van der Waals surface area contributed by atoms with Crippen LogP contribution < -0.4 is 16.0 Å². The molecule has 0 aromatic heterocycles. The molecule has 17 heteroatoms. The van der Waals surface area contributed by atoms with Crippen molar-refractivity contribution < 1.29 is 63.9 Å². The maximum atomic E-state index is 13.5. The van der Waals surface area contributed by atoms with Crippen LogP contribution in [0.5, 0.6) is 0 Å². The zero-order chi connectivity index (χ0) is 45.6. The Hall–Kier alpha value is -4.42. The quantitative estimate of drug-likeness (QED) is 0.0380. The van der Waals surface area contributed by atoms with E-state index in [1.54, 1.807) is 24.3 Å². The van der Waals surface area contributed by atoms with Gasteiger partial charge < -0.3 is 41.5 Å². The van der Waals surface area contributed by atoms with E-state index in [0.29, 0.717) is 25.8 Å². The molecular formula is C44H68N4O13. The van der Waals surface area contributed by atoms with Crippen LogP contribution in [0.1, 0.15) is 117 Å². The van der Waals surface area contributed by atoms with E-state index in [4.69, 9.17) is 5.11 Å². The highest BCUT2D eigenvalue weighted by Gasteiger charge is 2.39. The molecule has 1 aliphatic heterocycles. The Bertz CT molecular complexity index is 1600. The first-order valence-corrected chi connectivity index (χ1v) is 21.5. The van der Waals surface area contributed by atoms with E-state index in [9.17, 15) is 58.8 Å². The summed E-state index contributed by atoms with van der Waals surface area (Å²) in [6.07, 6.45) is -7.16. The van der Waals surface area contributed by atoms with Gasteiger partial charge in [-0.25, -0.2) is 0 Å². The van der Waals surface area contributed by atoms with Crippen LogP contribution in [0.4, 0.5) is 0 Å². The van der Waals surface area contributed by atoms with Crippen LogP contribution in [0.15, 0.2) is 30.3 Å². The SMILES string of the molecule is CC(C)CNC(=O)CCC(=O)[C@H](Cc1ccccc1)NC(=O)CCC(=O)[C@H](CCC(=O)CC[C@H](O)[C@@H](O)[C@H](O)[C@H](O)CO)NC(=O)CCCCCN1C(=O)CC(C(C)C)C1=O. The molecule has 0 bridgehead atoms. The Labute approximate surface area is 358 Å². The van der Waals surface area contributed by atoms with Crippen molar-refractivity contribution in [3.05, 3.63) is 35.9 Å². The average Bonchev–Trinajstić information content (AvgIpc) is 3.52. The van der Waals surface area contributed by atoms with Crippen molar-refractivity contribution >= 4 is 46.9 Å². The second-order valence-corrected chi connectivity index (χ2v) is 16.7. The molecule has 0 radical (unpaired) electrons. The molecule has 61 heavy (non-hydrogen) atoms. The summed E-state index contributed by atoms with van der Waals surface area (Å²) in [7, 11) is 0. The minimum absolute atomic E-state index is 0.000403. The monoisotopic (exact) mass is 860 g/mol. The molecule has 1 fully saturated rings. The lowest BCUT2D eigenvalue weighted by Crippen LogP contribution is -2.46. The van der Waals surface area contributed by atoms with Crippen molar-refractivity contribution in [1.82, 2.24) is 20.9 Å². The average molecular weight is 861 g/mol. The lowest BCUT2D eigenvalue weighted by molar-refractivity contribution is -0.140. The van der Waals surface area contributed by atoms with Gasteiger partial charge in [-0.3, -0.25) is 43.3 Å². The number of rotatable bonds is 31. The fourth-order valence-electron chi connectivity index (χ4n) is 6.84. The van der Waals surface area contributed by atoms with Crippen molar-refractivity contribution in [1.29, 1.82) is 0 Å². The van der Waals surface area contributed by atoms with Crippen molar-refractivity contribution in [2.45, 2.75) is 154 Å². The summed E-state index contributed by atoms with van der Waals surface area (Å²) < 4.78 is 0. The number of aliphatic hydroxyl groups excluding tert-OH is 5. The van der Waals surface area contributed by atoms with Gasteiger partial charge >= 0.3 is 0 Å². The van der Waals surface area contributed by atoms with E-state index in [1.807, 2.05) is 33.8 Å². The van der Waals surface area contributed by atoms with E-state index >= 15 is 0 Å². The normalized spacial score (nSPS) is 17.1. The fourth-order valence-corrected chi connectivity index (χ4v) is 6.84. The molecule has 342 valence electrons. The smallest absolute Gasteiger partial charge is 0.233 e. The molecule has 0 spiro atoms. The standard InChI is InChI=1S/C44H68N4O13/c1-27(2)25-45-38(55)20-18-35(52)33(23-29-11-7-5-8-12-29)47-40(57)21-19-34(51)32(16-14-30(50)15-17-36(53)42(59)43(60)37(54)26-49)46-39(56)13-9-6-10-22-48-41(58)24-31(28(3)4)44(48)61/h5,7-8,11-12,27-28,31-33,36-37,42-43,49,53-54,59-60H,6,9-10,13-26H2,1-4H3,(H,45,55)(H,46,56)(H,47,57)/t31?,32-,33-,36-,37+,42+,43+/m0/s1. The van der Waals surface area contributed by atoms with E-state index in [-0.39, 0.29) is 118 Å². The second-order valence-electron chi connectivity index (χ2n) is 16.7. The van der Waals surface area contributed by atoms with Crippen LogP contribution in [0.2, 0.25) is 0 Å². The predicted molar refractivity (Wildman–Crippen MR) is 223 cm³/mol. The van der Waals surface area contributed by atoms with Crippen LogP contribution in [0, 0.1) is 17.8 Å². The van der Waals surface area contributed by atoms with E-state index < -0.39 is 66.5 Å². The third-order valence-electron chi connectivity index (χ3n) is 10.8. The Morgan fingerprint density at radius 3 is 1.87 bits per heavy atom. The molecule has 1 heterocycles. The minimum atomic E-state index is -1.86. The number of hydrogen-bond donors (Lipinski definition) is 8. The molecule has 1 unspecified atom stereocenters. The number of imide groups is 1. The number of nitrogens with one attached hydrogen (secondary N) is 3. The number of Topliss-reactive ketones (excluding diaryl/α,β-unsaturated/α-hetero) is 3. The Balaban J connectivity index is 2.04. The molecule has 7 atom stereocenters. The van der Waals surface area contributed by atoms with E-state index in [0.717, 1.165) is 5.56 Å². The molecule has 1 aromatic carbocycles. The van der Waals surface area contributed by atoms with Crippen LogP contribution in [0.25, 0.3) is 0 Å². The fraction of sp³-hybridized carbons (Fsp3) is 0.682. The number of ketones is 3. The molecule has 0 saturated carbocycles. The maximum Gasteiger partial charge on any atom is 0.233 e. The van der Waals surface area contributed by atoms with Gasteiger partial charge in [-0.05, 0) is 49.5 Å². The molecular weight excluding hydrogens is 792 g/mol. The zero-order valence-electron chi connectivity index (χ0n) is 36.1. The number of carbonyl (C=O) groups is 8. The summed E-state index contributed by atoms with van der Waals surface area (Å²) in [5.41, 5.74) is 0.771. The highest BCUT2D eigenvalue weighted by molar-refractivity contribution is 6.03. The Morgan fingerprint density at radius 2 is 1.26 bits per heavy atom. The summed E-state index contributed by atoms with van der Waals surface area (Å²) in [5.74, 6) is -3.21. The van der Waals surface area contributed by atoms with Gasteiger partial charge in [-0.2, -0.15) is 0 Å². The van der Waals surface area contributed by atoms with Crippen molar-refractivity contribution in [3.63, 3.8) is 0 Å². The number of hydrogen-bond acceptors (Lipinski definition) is 13. The highest BCUT2D eigenvalue weighted by Crippen LogP contribution is 2.26. The summed E-state index contributed by atoms with van der Waals surface area (Å²) >= 11 is 0. The molecule has 17 nitrogen and oxygen atoms in total. The van der Waals surface area contributed by atoms with Gasteiger partial charge in [0.1, 0.15) is 24.1 Å². The summed E-state index contributed by atoms with van der Waals surface area (Å²) in [4.78, 5) is 104. The number of carbonyl (C=O) groups excluding carboxylic acids is 8. The third kappa shape index (κ3) is 19.4. The first kappa shape index (κ1) is 52.7. The van der Waals surface area contributed by atoms with Crippen molar-refractivity contribution in [2.75, 3.05) is 19.7 Å². The lowest BCUT2D eigenvalue weighted by atomic mass is 9.94. The van der Waals surface area contributed by atoms with Gasteiger partial charge in [0, 0.05) is 70.4 Å². The lowest BCUT2D eigenvalue weighted by Gasteiger charge is -2.25. The topological polar surface area (TPSA) is 277 Å². The molecule has 0 aliphatic carbocycles. The molecule has 8 N–H and O–H groups in total. The number of benzene rings is 1. The van der Waals surface area contributed by atoms with Gasteiger partial charge in [-0.1, -0.05) is 64.4 Å². The minimum Gasteiger partial charge on any atom is -0.394 e. The van der Waals surface area contributed by atoms with Gasteiger partial charge in [0.25, 0.3) is 0 Å². The van der Waals surface area contributed by atoms with E-state index in [2.05, 4.69) is 16.0 Å². The number of nitrogens with zero attached hydrogens (tertiary/aromatic N) is 1. The molecule has 5 amide bonds. The Kier molecular flexibility index (Phi) is 23.8. The van der Waals surface area contributed by atoms with Crippen molar-refractivity contribution in [2.24, 2.45) is 17.8 Å². The van der Waals surface area contributed by atoms with E-state index in [1.165, 1.54) is 4.90 Å². The summed E-state index contributed by atoms with van der Waals surface area (Å²) in [5, 5.41) is 56.8.